The summed E-state index contributed by atoms with van der Waals surface area (Å²) in [4.78, 5) is 15.0. The van der Waals surface area contributed by atoms with E-state index in [9.17, 15) is 4.79 Å². The van der Waals surface area contributed by atoms with Gasteiger partial charge >= 0.3 is 5.97 Å². The Morgan fingerprint density at radius 2 is 2.33 bits per heavy atom. The van der Waals surface area contributed by atoms with Crippen LogP contribution in [0.5, 0.6) is 5.75 Å². The molecule has 0 unspecified atom stereocenters. The largest absolute Gasteiger partial charge is 0.496 e. The number of carboxylic acids is 1. The van der Waals surface area contributed by atoms with Crippen LogP contribution < -0.4 is 4.74 Å². The topological polar surface area (TPSA) is 64.4 Å². The van der Waals surface area contributed by atoms with Crippen molar-refractivity contribution in [2.24, 2.45) is 0 Å². The predicted octanol–water partition coefficient (Wildman–Crippen LogP) is 1.82. The Hall–Kier alpha value is -2.30. The van der Waals surface area contributed by atoms with Crippen molar-refractivity contribution in [3.63, 3.8) is 0 Å². The molecule has 0 radical (unpaired) electrons. The molecule has 5 heteroatoms. The lowest BCUT2D eigenvalue weighted by Crippen LogP contribution is -2.04. The molecule has 2 rings (SSSR count). The summed E-state index contributed by atoms with van der Waals surface area (Å²) in [5, 5.41) is 8.79. The van der Waals surface area contributed by atoms with Crippen molar-refractivity contribution in [2.75, 3.05) is 7.11 Å². The van der Waals surface area contributed by atoms with Crippen LogP contribution in [0.3, 0.4) is 0 Å². The number of aromatic nitrogens is 2. The van der Waals surface area contributed by atoms with Crippen LogP contribution in [0.2, 0.25) is 0 Å². The molecule has 0 aliphatic rings. The highest BCUT2D eigenvalue weighted by molar-refractivity contribution is 5.71. The highest BCUT2D eigenvalue weighted by atomic mass is 16.5. The summed E-state index contributed by atoms with van der Waals surface area (Å²) in [5.41, 5.74) is 1.70. The van der Waals surface area contributed by atoms with Crippen LogP contribution in [-0.4, -0.2) is 27.7 Å². The molecular formula is C13H14N2O3. The molecule has 0 saturated heterocycles. The van der Waals surface area contributed by atoms with Gasteiger partial charge in [0.2, 0.25) is 0 Å². The minimum Gasteiger partial charge on any atom is -0.496 e. The number of nitrogens with zero attached hydrogens (tertiary/aromatic N) is 2. The van der Waals surface area contributed by atoms with Gasteiger partial charge in [-0.3, -0.25) is 4.79 Å². The first-order chi connectivity index (χ1) is 8.60. The van der Waals surface area contributed by atoms with Crippen molar-refractivity contribution in [3.8, 4) is 11.6 Å². The molecule has 94 valence electrons. The van der Waals surface area contributed by atoms with E-state index < -0.39 is 5.97 Å². The molecule has 0 aliphatic carbocycles. The number of hydrogen-bond donors (Lipinski definition) is 1. The van der Waals surface area contributed by atoms with Crippen LogP contribution >= 0.6 is 0 Å². The Bertz CT molecular complexity index is 575. The Morgan fingerprint density at radius 3 is 2.89 bits per heavy atom. The molecule has 0 bridgehead atoms. The Morgan fingerprint density at radius 1 is 1.56 bits per heavy atom. The zero-order valence-electron chi connectivity index (χ0n) is 10.3. The zero-order chi connectivity index (χ0) is 13.1. The van der Waals surface area contributed by atoms with Gasteiger partial charge in [0.05, 0.1) is 13.5 Å². The van der Waals surface area contributed by atoms with E-state index in [2.05, 4.69) is 4.98 Å². The maximum atomic E-state index is 10.7. The molecule has 2 aromatic heterocycles. The SMILES string of the molecule is COc1cc(-n2ccc(C)c2)ncc1CC(=O)O. The summed E-state index contributed by atoms with van der Waals surface area (Å²) in [6.07, 6.45) is 5.28. The number of carbonyl (C=O) groups is 1. The molecule has 0 saturated carbocycles. The highest BCUT2D eigenvalue weighted by Crippen LogP contribution is 2.21. The molecule has 0 spiro atoms. The molecule has 0 aromatic carbocycles. The van der Waals surface area contributed by atoms with Crippen molar-refractivity contribution in [1.29, 1.82) is 0 Å². The van der Waals surface area contributed by atoms with E-state index >= 15 is 0 Å². The number of aryl methyl sites for hydroxylation is 1. The van der Waals surface area contributed by atoms with Crippen LogP contribution in [0, 0.1) is 6.92 Å². The van der Waals surface area contributed by atoms with Gasteiger partial charge < -0.3 is 14.4 Å². The quantitative estimate of drug-likeness (QED) is 0.893. The summed E-state index contributed by atoms with van der Waals surface area (Å²) in [7, 11) is 1.52. The van der Waals surface area contributed by atoms with Crippen LogP contribution in [0.1, 0.15) is 11.1 Å². The second-order valence-electron chi connectivity index (χ2n) is 4.02. The molecule has 2 aromatic rings. The fraction of sp³-hybridized carbons (Fsp3) is 0.231. The summed E-state index contributed by atoms with van der Waals surface area (Å²) in [5.74, 6) is 0.336. The fourth-order valence-electron chi connectivity index (χ4n) is 1.73. The van der Waals surface area contributed by atoms with Gasteiger partial charge in [-0.15, -0.1) is 0 Å². The van der Waals surface area contributed by atoms with Crippen LogP contribution in [0.4, 0.5) is 0 Å². The van der Waals surface area contributed by atoms with Crippen molar-refractivity contribution >= 4 is 5.97 Å². The maximum absolute atomic E-state index is 10.7. The lowest BCUT2D eigenvalue weighted by molar-refractivity contribution is -0.136. The number of hydrogen-bond acceptors (Lipinski definition) is 3. The normalized spacial score (nSPS) is 10.3. The second kappa shape index (κ2) is 4.91. The summed E-state index contributed by atoms with van der Waals surface area (Å²) in [6.45, 7) is 1.99. The van der Waals surface area contributed by atoms with Gasteiger partial charge in [0.25, 0.3) is 0 Å². The molecule has 18 heavy (non-hydrogen) atoms. The molecule has 0 aliphatic heterocycles. The van der Waals surface area contributed by atoms with Gasteiger partial charge in [-0.1, -0.05) is 0 Å². The van der Waals surface area contributed by atoms with Gasteiger partial charge in [0, 0.05) is 30.2 Å². The van der Waals surface area contributed by atoms with E-state index in [1.807, 2.05) is 30.0 Å². The highest BCUT2D eigenvalue weighted by Gasteiger charge is 2.10. The third-order valence-corrected chi connectivity index (χ3v) is 2.60. The summed E-state index contributed by atoms with van der Waals surface area (Å²) in [6, 6.07) is 3.71. The number of carboxylic acid groups (broad SMARTS) is 1. The molecule has 0 fully saturated rings. The minimum atomic E-state index is -0.903. The van der Waals surface area contributed by atoms with E-state index in [4.69, 9.17) is 9.84 Å². The Labute approximate surface area is 105 Å². The molecule has 1 N–H and O–H groups in total. The van der Waals surface area contributed by atoms with Crippen molar-refractivity contribution in [3.05, 3.63) is 41.9 Å². The van der Waals surface area contributed by atoms with Crippen LogP contribution in [0.25, 0.3) is 5.82 Å². The third-order valence-electron chi connectivity index (χ3n) is 2.60. The number of rotatable bonds is 4. The third kappa shape index (κ3) is 2.51. The summed E-state index contributed by atoms with van der Waals surface area (Å²) < 4.78 is 7.06. The van der Waals surface area contributed by atoms with Gasteiger partial charge in [-0.25, -0.2) is 4.98 Å². The van der Waals surface area contributed by atoms with Crippen molar-refractivity contribution in [2.45, 2.75) is 13.3 Å². The molecule has 5 nitrogen and oxygen atoms in total. The smallest absolute Gasteiger partial charge is 0.308 e. The minimum absolute atomic E-state index is 0.0961. The number of aliphatic carboxylic acids is 1. The first-order valence-corrected chi connectivity index (χ1v) is 5.50. The monoisotopic (exact) mass is 246 g/mol. The fourth-order valence-corrected chi connectivity index (χ4v) is 1.73. The Kier molecular flexibility index (Phi) is 3.32. The van der Waals surface area contributed by atoms with Crippen LogP contribution in [-0.2, 0) is 11.2 Å². The predicted molar refractivity (Wildman–Crippen MR) is 66.2 cm³/mol. The van der Waals surface area contributed by atoms with Gasteiger partial charge in [0.15, 0.2) is 0 Å². The average molecular weight is 246 g/mol. The standard InChI is InChI=1S/C13H14N2O3/c1-9-3-4-15(8-9)12-6-11(18-2)10(7-14-12)5-13(16)17/h3-4,6-8H,5H2,1-2H3,(H,16,17). The first-order valence-electron chi connectivity index (χ1n) is 5.50. The Balaban J connectivity index is 2.38. The lowest BCUT2D eigenvalue weighted by Gasteiger charge is -2.09. The molecule has 0 amide bonds. The second-order valence-corrected chi connectivity index (χ2v) is 4.02. The molecule has 2 heterocycles. The summed E-state index contributed by atoms with van der Waals surface area (Å²) >= 11 is 0. The van der Waals surface area contributed by atoms with E-state index in [0.29, 0.717) is 17.1 Å². The van der Waals surface area contributed by atoms with Gasteiger partial charge in [-0.2, -0.15) is 0 Å². The van der Waals surface area contributed by atoms with Gasteiger partial charge in [0.1, 0.15) is 11.6 Å². The van der Waals surface area contributed by atoms with E-state index in [0.717, 1.165) is 5.56 Å². The maximum Gasteiger partial charge on any atom is 0.308 e. The van der Waals surface area contributed by atoms with Crippen molar-refractivity contribution < 1.29 is 14.6 Å². The molecular weight excluding hydrogens is 232 g/mol. The molecule has 0 atom stereocenters. The zero-order valence-corrected chi connectivity index (χ0v) is 10.3. The van der Waals surface area contributed by atoms with Gasteiger partial charge in [-0.05, 0) is 18.6 Å². The first kappa shape index (κ1) is 12.2. The van der Waals surface area contributed by atoms with E-state index in [1.165, 1.54) is 13.3 Å². The van der Waals surface area contributed by atoms with Crippen LogP contribution in [0.15, 0.2) is 30.7 Å². The van der Waals surface area contributed by atoms with Crippen molar-refractivity contribution in [1.82, 2.24) is 9.55 Å². The van der Waals surface area contributed by atoms with E-state index in [1.54, 1.807) is 6.07 Å². The number of ether oxygens (including phenoxy) is 1. The van der Waals surface area contributed by atoms with E-state index in [-0.39, 0.29) is 6.42 Å². The number of pyridine rings is 1. The lowest BCUT2D eigenvalue weighted by atomic mass is 10.2. The number of methoxy groups -OCH3 is 1. The average Bonchev–Trinajstić information content (AvgIpc) is 2.75.